The Morgan fingerprint density at radius 3 is 2.67 bits per heavy atom. The number of carbonyl (C=O) groups is 1. The number of aryl methyl sites for hydroxylation is 3. The average Bonchev–Trinajstić information content (AvgIpc) is 3.41. The second-order valence-electron chi connectivity index (χ2n) is 7.22. The van der Waals surface area contributed by atoms with E-state index in [0.717, 1.165) is 34.0 Å². The predicted molar refractivity (Wildman–Crippen MR) is 114 cm³/mol. The highest BCUT2D eigenvalue weighted by Gasteiger charge is 2.20. The minimum Gasteiger partial charge on any atom is -0.360 e. The molecule has 0 amide bonds. The number of Topliss-reactive ketones (excluding diaryl/α,β-unsaturated/α-hetero) is 1. The molecule has 0 bridgehead atoms. The van der Waals surface area contributed by atoms with Crippen LogP contribution < -0.4 is 0 Å². The summed E-state index contributed by atoms with van der Waals surface area (Å²) in [4.78, 5) is 13.0. The fraction of sp³-hybridized carbons (Fsp3) is 0.286. The smallest absolute Gasteiger partial charge is 0.214 e. The van der Waals surface area contributed by atoms with Crippen LogP contribution in [-0.2, 0) is 0 Å². The van der Waals surface area contributed by atoms with E-state index in [1.54, 1.807) is 4.68 Å². The lowest BCUT2D eigenvalue weighted by Crippen LogP contribution is -2.07. The number of benzene rings is 1. The van der Waals surface area contributed by atoms with Gasteiger partial charge in [-0.25, -0.2) is 0 Å². The molecule has 8 nitrogen and oxygen atoms in total. The number of carbonyl (C=O) groups excluding carboxylic acids is 1. The third-order valence-corrected chi connectivity index (χ3v) is 6.07. The Bertz CT molecular complexity index is 1240. The summed E-state index contributed by atoms with van der Waals surface area (Å²) < 4.78 is 8.79. The molecule has 0 saturated carbocycles. The number of thioether (sulfide) groups is 1. The Labute approximate surface area is 178 Å². The van der Waals surface area contributed by atoms with Gasteiger partial charge in [-0.05, 0) is 68.3 Å². The van der Waals surface area contributed by atoms with E-state index in [-0.39, 0.29) is 11.5 Å². The maximum Gasteiger partial charge on any atom is 0.214 e. The topological polar surface area (TPSA) is 91.6 Å². The van der Waals surface area contributed by atoms with Crippen molar-refractivity contribution in [2.45, 2.75) is 39.8 Å². The minimum atomic E-state index is 0.00933. The van der Waals surface area contributed by atoms with Gasteiger partial charge in [-0.1, -0.05) is 29.1 Å². The zero-order valence-corrected chi connectivity index (χ0v) is 18.3. The quantitative estimate of drug-likeness (QED) is 0.343. The molecule has 154 valence electrons. The summed E-state index contributed by atoms with van der Waals surface area (Å²) in [5.74, 6) is 1.63. The highest BCUT2D eigenvalue weighted by atomic mass is 32.2. The first kappa shape index (κ1) is 20.1. The molecule has 0 N–H and O–H groups in total. The van der Waals surface area contributed by atoms with Crippen molar-refractivity contribution in [1.29, 1.82) is 0 Å². The van der Waals surface area contributed by atoms with Crippen LogP contribution in [0.3, 0.4) is 0 Å². The summed E-state index contributed by atoms with van der Waals surface area (Å²) in [6.07, 6.45) is 0. The van der Waals surface area contributed by atoms with Gasteiger partial charge in [0.15, 0.2) is 11.6 Å². The predicted octanol–water partition coefficient (Wildman–Crippen LogP) is 3.96. The number of tetrazole rings is 1. The van der Waals surface area contributed by atoms with Crippen molar-refractivity contribution in [2.75, 3.05) is 5.75 Å². The van der Waals surface area contributed by atoms with Crippen LogP contribution in [-0.4, -0.2) is 41.5 Å². The van der Waals surface area contributed by atoms with E-state index in [1.165, 1.54) is 11.8 Å². The van der Waals surface area contributed by atoms with Crippen molar-refractivity contribution >= 4 is 17.5 Å². The van der Waals surface area contributed by atoms with Gasteiger partial charge in [0.25, 0.3) is 0 Å². The Kier molecular flexibility index (Phi) is 5.29. The second-order valence-corrected chi connectivity index (χ2v) is 8.16. The fourth-order valence-electron chi connectivity index (χ4n) is 3.45. The number of rotatable bonds is 6. The van der Waals surface area contributed by atoms with Gasteiger partial charge in [0, 0.05) is 23.0 Å². The maximum atomic E-state index is 13.0. The summed E-state index contributed by atoms with van der Waals surface area (Å²) in [5.41, 5.74) is 5.59. The van der Waals surface area contributed by atoms with Crippen LogP contribution in [0.15, 0.2) is 40.0 Å². The van der Waals surface area contributed by atoms with Crippen molar-refractivity contribution in [3.8, 4) is 11.5 Å². The first-order valence-electron chi connectivity index (χ1n) is 9.50. The zero-order chi connectivity index (χ0) is 21.4. The fourth-order valence-corrected chi connectivity index (χ4v) is 4.22. The Morgan fingerprint density at radius 1 is 1.13 bits per heavy atom. The molecular formula is C21H22N6O2S. The lowest BCUT2D eigenvalue weighted by molar-refractivity contribution is 0.102. The molecule has 0 fully saturated rings. The van der Waals surface area contributed by atoms with E-state index in [1.807, 2.05) is 69.5 Å². The molecule has 0 spiro atoms. The molecule has 0 saturated heterocycles. The summed E-state index contributed by atoms with van der Waals surface area (Å²) in [5, 5.41) is 16.7. The maximum absolute atomic E-state index is 13.0. The van der Waals surface area contributed by atoms with Crippen molar-refractivity contribution in [2.24, 2.45) is 0 Å². The molecule has 3 heterocycles. The van der Waals surface area contributed by atoms with Gasteiger partial charge in [-0.2, -0.15) is 4.68 Å². The molecule has 0 unspecified atom stereocenters. The van der Waals surface area contributed by atoms with Gasteiger partial charge in [0.05, 0.1) is 11.4 Å². The molecule has 3 aromatic heterocycles. The molecule has 4 rings (SSSR count). The standard InChI is InChI=1S/C21H22N6O2S/c1-12-7-6-8-18(15(12)4)27-21(22-24-25-27)30-11-19(28)17-9-13(2)26(16(17)5)20-10-14(3)29-23-20/h6-10H,11H2,1-5H3. The van der Waals surface area contributed by atoms with Crippen LogP contribution in [0.4, 0.5) is 0 Å². The summed E-state index contributed by atoms with van der Waals surface area (Å²) >= 11 is 1.32. The van der Waals surface area contributed by atoms with E-state index < -0.39 is 0 Å². The molecule has 30 heavy (non-hydrogen) atoms. The van der Waals surface area contributed by atoms with E-state index in [4.69, 9.17) is 4.52 Å². The van der Waals surface area contributed by atoms with Gasteiger partial charge < -0.3 is 4.52 Å². The normalized spacial score (nSPS) is 11.2. The zero-order valence-electron chi connectivity index (χ0n) is 17.5. The van der Waals surface area contributed by atoms with Crippen LogP contribution in [0.2, 0.25) is 0 Å². The molecule has 0 atom stereocenters. The summed E-state index contributed by atoms with van der Waals surface area (Å²) in [6.45, 7) is 9.78. The highest BCUT2D eigenvalue weighted by Crippen LogP contribution is 2.25. The molecule has 0 aliphatic rings. The molecule has 0 aliphatic carbocycles. The van der Waals surface area contributed by atoms with Gasteiger partial charge >= 0.3 is 0 Å². The number of hydrogen-bond donors (Lipinski definition) is 0. The van der Waals surface area contributed by atoms with Crippen molar-refractivity contribution in [1.82, 2.24) is 29.9 Å². The Hall–Kier alpha value is -3.20. The largest absolute Gasteiger partial charge is 0.360 e. The second kappa shape index (κ2) is 7.91. The summed E-state index contributed by atoms with van der Waals surface area (Å²) in [6, 6.07) is 9.72. The Morgan fingerprint density at radius 2 is 1.93 bits per heavy atom. The minimum absolute atomic E-state index is 0.00933. The van der Waals surface area contributed by atoms with E-state index in [0.29, 0.717) is 16.5 Å². The number of aromatic nitrogens is 6. The monoisotopic (exact) mass is 422 g/mol. The summed E-state index contributed by atoms with van der Waals surface area (Å²) in [7, 11) is 0. The van der Waals surface area contributed by atoms with Crippen LogP contribution in [0.1, 0.15) is 38.6 Å². The molecule has 0 aliphatic heterocycles. The van der Waals surface area contributed by atoms with Gasteiger partial charge in [0.2, 0.25) is 5.16 Å². The van der Waals surface area contributed by atoms with Crippen LogP contribution >= 0.6 is 11.8 Å². The van der Waals surface area contributed by atoms with E-state index in [9.17, 15) is 4.79 Å². The van der Waals surface area contributed by atoms with Crippen LogP contribution in [0, 0.1) is 34.6 Å². The third-order valence-electron chi connectivity index (χ3n) is 5.15. The molecule has 4 aromatic rings. The first-order chi connectivity index (χ1) is 14.4. The number of nitrogens with zero attached hydrogens (tertiary/aromatic N) is 6. The van der Waals surface area contributed by atoms with Crippen molar-refractivity contribution in [3.05, 3.63) is 64.2 Å². The van der Waals surface area contributed by atoms with Crippen molar-refractivity contribution in [3.63, 3.8) is 0 Å². The number of hydrogen-bond acceptors (Lipinski definition) is 7. The molecular weight excluding hydrogens is 400 g/mol. The van der Waals surface area contributed by atoms with E-state index >= 15 is 0 Å². The number of ketones is 1. The van der Waals surface area contributed by atoms with Gasteiger partial charge in [0.1, 0.15) is 5.76 Å². The SMILES string of the molecule is Cc1cc(-n2c(C)cc(C(=O)CSc3nnnn3-c3cccc(C)c3C)c2C)no1. The highest BCUT2D eigenvalue weighted by molar-refractivity contribution is 7.99. The van der Waals surface area contributed by atoms with Crippen LogP contribution in [0.5, 0.6) is 0 Å². The lowest BCUT2D eigenvalue weighted by Gasteiger charge is -2.09. The third kappa shape index (κ3) is 3.56. The Balaban J connectivity index is 1.56. The van der Waals surface area contributed by atoms with Gasteiger partial charge in [-0.3, -0.25) is 9.36 Å². The molecule has 9 heteroatoms. The average molecular weight is 423 g/mol. The molecule has 1 aromatic carbocycles. The van der Waals surface area contributed by atoms with Gasteiger partial charge in [-0.15, -0.1) is 5.10 Å². The lowest BCUT2D eigenvalue weighted by atomic mass is 10.1. The van der Waals surface area contributed by atoms with Crippen molar-refractivity contribution < 1.29 is 9.32 Å². The molecule has 0 radical (unpaired) electrons. The van der Waals surface area contributed by atoms with Crippen LogP contribution in [0.25, 0.3) is 11.5 Å². The van der Waals surface area contributed by atoms with E-state index in [2.05, 4.69) is 20.7 Å². The first-order valence-corrected chi connectivity index (χ1v) is 10.5.